The Hall–Kier alpha value is -2.69. The van der Waals surface area contributed by atoms with Gasteiger partial charge >= 0.3 is 0 Å². The molecule has 0 spiro atoms. The van der Waals surface area contributed by atoms with E-state index in [1.54, 1.807) is 6.07 Å². The Kier molecular flexibility index (Phi) is 7.90. The van der Waals surface area contributed by atoms with Crippen LogP contribution in [0.5, 0.6) is 0 Å². The standard InChI is InChI=1S/C26H33N3O10/c1-29-15-7-13(27)4-2-11(15)6-12-3-5-14(8-16(12)29)28-25-22(35)21(34)24(18(10-31)37-25)39-26-23(36)20(33)19(32)17(9-30)38-26/h2-8,17-26,30-36H,9-10H2,1H3,(H2,27,28)/p+1/t17-,18-,19+,20+,21-,22-,23-,24-,25-,26+/m1/s1. The molecule has 3 heterocycles. The van der Waals surface area contributed by atoms with Gasteiger partial charge in [0.05, 0.1) is 13.2 Å². The highest BCUT2D eigenvalue weighted by atomic mass is 16.7. The van der Waals surface area contributed by atoms with Gasteiger partial charge in [0.2, 0.25) is 11.0 Å². The molecule has 10 N–H and O–H groups in total. The number of fused-ring (bicyclic) bond motifs is 2. The van der Waals surface area contributed by atoms with Crippen LogP contribution in [0.4, 0.5) is 11.4 Å². The maximum Gasteiger partial charge on any atom is 0.214 e. The number of aromatic nitrogens is 1. The summed E-state index contributed by atoms with van der Waals surface area (Å²) in [6, 6.07) is 13.2. The second-order valence-corrected chi connectivity index (χ2v) is 10.00. The molecule has 0 unspecified atom stereocenters. The van der Waals surface area contributed by atoms with Crippen molar-refractivity contribution in [1.82, 2.24) is 0 Å². The van der Waals surface area contributed by atoms with Crippen LogP contribution in [0.1, 0.15) is 0 Å². The van der Waals surface area contributed by atoms with Crippen molar-refractivity contribution < 1.29 is 54.5 Å². The lowest BCUT2D eigenvalue weighted by molar-refractivity contribution is -0.617. The smallest absolute Gasteiger partial charge is 0.214 e. The Labute approximate surface area is 223 Å². The van der Waals surface area contributed by atoms with Crippen LogP contribution in [0.25, 0.3) is 21.8 Å². The molecule has 13 heteroatoms. The van der Waals surface area contributed by atoms with Gasteiger partial charge in [-0.1, -0.05) is 0 Å². The van der Waals surface area contributed by atoms with E-state index in [2.05, 4.69) is 5.32 Å². The number of pyridine rings is 1. The first-order valence-corrected chi connectivity index (χ1v) is 12.6. The lowest BCUT2D eigenvalue weighted by Gasteiger charge is -2.46. The van der Waals surface area contributed by atoms with Crippen LogP contribution in [0.3, 0.4) is 0 Å². The summed E-state index contributed by atoms with van der Waals surface area (Å²) in [5.74, 6) is 0. The number of hydrogen-bond acceptors (Lipinski definition) is 12. The van der Waals surface area contributed by atoms with Gasteiger partial charge in [-0.25, -0.2) is 0 Å². The average molecular weight is 549 g/mol. The van der Waals surface area contributed by atoms with Crippen molar-refractivity contribution in [3.8, 4) is 0 Å². The van der Waals surface area contributed by atoms with Gasteiger partial charge in [0.15, 0.2) is 12.5 Å². The minimum absolute atomic E-state index is 0.572. The third-order valence-electron chi connectivity index (χ3n) is 7.43. The molecule has 39 heavy (non-hydrogen) atoms. The van der Waals surface area contributed by atoms with Crippen LogP contribution >= 0.6 is 0 Å². The summed E-state index contributed by atoms with van der Waals surface area (Å²) < 4.78 is 18.8. The van der Waals surface area contributed by atoms with Crippen LogP contribution in [0.2, 0.25) is 0 Å². The molecule has 2 aliphatic rings. The lowest BCUT2D eigenvalue weighted by Crippen LogP contribution is -2.65. The zero-order valence-electron chi connectivity index (χ0n) is 21.1. The Morgan fingerprint density at radius 1 is 0.795 bits per heavy atom. The number of rotatable bonds is 6. The fourth-order valence-corrected chi connectivity index (χ4v) is 5.19. The van der Waals surface area contributed by atoms with E-state index in [1.165, 1.54) is 0 Å². The first-order valence-electron chi connectivity index (χ1n) is 12.6. The van der Waals surface area contributed by atoms with Gasteiger partial charge < -0.3 is 61.0 Å². The van der Waals surface area contributed by atoms with Gasteiger partial charge in [-0.15, -0.1) is 0 Å². The number of ether oxygens (including phenoxy) is 3. The molecule has 2 aliphatic heterocycles. The molecule has 13 nitrogen and oxygen atoms in total. The first-order chi connectivity index (χ1) is 18.6. The Morgan fingerprint density at radius 2 is 1.46 bits per heavy atom. The largest absolute Gasteiger partial charge is 0.399 e. The number of anilines is 2. The molecule has 2 fully saturated rings. The van der Waals surface area contributed by atoms with E-state index >= 15 is 0 Å². The second-order valence-electron chi connectivity index (χ2n) is 10.00. The highest BCUT2D eigenvalue weighted by Gasteiger charge is 2.50. The molecule has 2 aromatic carbocycles. The lowest BCUT2D eigenvalue weighted by atomic mass is 9.96. The summed E-state index contributed by atoms with van der Waals surface area (Å²) in [6.07, 6.45) is -14.7. The van der Waals surface area contributed by atoms with Crippen LogP contribution < -0.4 is 15.6 Å². The van der Waals surface area contributed by atoms with Crippen LogP contribution in [-0.2, 0) is 21.3 Å². The Morgan fingerprint density at radius 3 is 2.15 bits per heavy atom. The second kappa shape index (κ2) is 11.1. The van der Waals surface area contributed by atoms with Crippen molar-refractivity contribution in [2.24, 2.45) is 7.05 Å². The molecule has 0 amide bonds. The number of nitrogens with zero attached hydrogens (tertiary/aromatic N) is 1. The quantitative estimate of drug-likeness (QED) is 0.0884. The minimum Gasteiger partial charge on any atom is -0.399 e. The molecular weight excluding hydrogens is 514 g/mol. The number of hydrogen-bond donors (Lipinski definition) is 9. The van der Waals surface area contributed by atoms with Gasteiger partial charge in [-0.2, -0.15) is 4.57 Å². The van der Waals surface area contributed by atoms with E-state index in [0.29, 0.717) is 11.4 Å². The SMILES string of the molecule is C[n+]1c2cc(N)ccc2cc2ccc(N[C@@H]3O[C@H](CO)[C@@H](O[C@@H]4O[C@H](CO)[C@H](O)[C@H](O)[C@H]4O)[C@H](O)[C@H]3O)cc21. The van der Waals surface area contributed by atoms with Crippen molar-refractivity contribution in [3.63, 3.8) is 0 Å². The van der Waals surface area contributed by atoms with E-state index in [4.69, 9.17) is 19.9 Å². The van der Waals surface area contributed by atoms with Crippen molar-refractivity contribution in [2.45, 2.75) is 61.3 Å². The summed E-state index contributed by atoms with van der Waals surface area (Å²) in [7, 11) is 1.91. The molecule has 0 aliphatic carbocycles. The van der Waals surface area contributed by atoms with Gasteiger partial charge in [-0.05, 0) is 30.3 Å². The van der Waals surface area contributed by atoms with Gasteiger partial charge in [0.25, 0.3) is 0 Å². The van der Waals surface area contributed by atoms with Gasteiger partial charge in [0, 0.05) is 34.3 Å². The molecule has 212 valence electrons. The minimum atomic E-state index is -1.73. The van der Waals surface area contributed by atoms with Crippen molar-refractivity contribution in [1.29, 1.82) is 0 Å². The zero-order chi connectivity index (χ0) is 28.0. The summed E-state index contributed by atoms with van der Waals surface area (Å²) in [5.41, 5.74) is 8.97. The molecule has 0 bridgehead atoms. The van der Waals surface area contributed by atoms with E-state index in [1.807, 2.05) is 48.0 Å². The molecule has 10 atom stereocenters. The molecule has 3 aromatic rings. The number of aryl methyl sites for hydroxylation is 1. The number of aliphatic hydroxyl groups excluding tert-OH is 7. The fourth-order valence-electron chi connectivity index (χ4n) is 5.19. The molecule has 5 rings (SSSR count). The first kappa shape index (κ1) is 27.9. The number of nitrogens with one attached hydrogen (secondary N) is 1. The summed E-state index contributed by atoms with van der Waals surface area (Å²) in [4.78, 5) is 0. The fraction of sp³-hybridized carbons (Fsp3) is 0.500. The van der Waals surface area contributed by atoms with Crippen molar-refractivity contribution in [3.05, 3.63) is 42.5 Å². The van der Waals surface area contributed by atoms with E-state index < -0.39 is 74.6 Å². The monoisotopic (exact) mass is 548 g/mol. The molecule has 0 saturated carbocycles. The normalized spacial score (nSPS) is 35.4. The number of aliphatic hydroxyl groups is 7. The van der Waals surface area contributed by atoms with Crippen molar-refractivity contribution in [2.75, 3.05) is 24.3 Å². The van der Waals surface area contributed by atoms with Gasteiger partial charge in [-0.3, -0.25) is 0 Å². The molecule has 0 radical (unpaired) electrons. The predicted octanol–water partition coefficient (Wildman–Crippen LogP) is -2.56. The predicted molar refractivity (Wildman–Crippen MR) is 137 cm³/mol. The Balaban J connectivity index is 1.35. The van der Waals surface area contributed by atoms with E-state index in [0.717, 1.165) is 21.8 Å². The third-order valence-corrected chi connectivity index (χ3v) is 7.43. The highest BCUT2D eigenvalue weighted by Crippen LogP contribution is 2.30. The third kappa shape index (κ3) is 5.14. The van der Waals surface area contributed by atoms with E-state index in [9.17, 15) is 35.7 Å². The van der Waals surface area contributed by atoms with Crippen LogP contribution in [-0.4, -0.2) is 110 Å². The van der Waals surface area contributed by atoms with Crippen molar-refractivity contribution >= 4 is 33.2 Å². The summed E-state index contributed by atoms with van der Waals surface area (Å²) in [6.45, 7) is -1.29. The molecular formula is C26H34N3O10+. The van der Waals surface area contributed by atoms with Crippen LogP contribution in [0, 0.1) is 0 Å². The zero-order valence-corrected chi connectivity index (χ0v) is 21.1. The molecule has 1 aromatic heterocycles. The van der Waals surface area contributed by atoms with Crippen LogP contribution in [0.15, 0.2) is 42.5 Å². The highest BCUT2D eigenvalue weighted by molar-refractivity contribution is 5.91. The number of nitrogens with two attached hydrogens (primary N) is 1. The average Bonchev–Trinajstić information content (AvgIpc) is 2.93. The number of nitrogen functional groups attached to an aromatic ring is 1. The Bertz CT molecular complexity index is 1320. The maximum atomic E-state index is 10.9. The molecule has 2 saturated heterocycles. The summed E-state index contributed by atoms with van der Waals surface area (Å²) >= 11 is 0. The van der Waals surface area contributed by atoms with E-state index in [-0.39, 0.29) is 0 Å². The maximum absolute atomic E-state index is 10.9. The van der Waals surface area contributed by atoms with Gasteiger partial charge in [0.1, 0.15) is 55.9 Å². The topological polar surface area (TPSA) is 211 Å². The summed E-state index contributed by atoms with van der Waals surface area (Å²) in [5, 5.41) is 76.4. The number of benzene rings is 2.